The number of rotatable bonds is 6. The fraction of sp³-hybridized carbons (Fsp3) is 0.767. The first-order valence-electron chi connectivity index (χ1n) is 13.8. The van der Waals surface area contributed by atoms with E-state index in [0.717, 1.165) is 68.4 Å². The van der Waals surface area contributed by atoms with Gasteiger partial charge in [-0.3, -0.25) is 4.98 Å². The summed E-state index contributed by atoms with van der Waals surface area (Å²) in [5.74, 6) is 2.63. The van der Waals surface area contributed by atoms with Crippen LogP contribution in [-0.2, 0) is 6.42 Å². The van der Waals surface area contributed by atoms with E-state index in [1.807, 2.05) is 12.3 Å². The Morgan fingerprint density at radius 1 is 1.06 bits per heavy atom. The van der Waals surface area contributed by atoms with Crippen LogP contribution in [0.25, 0.3) is 0 Å². The van der Waals surface area contributed by atoms with Crippen LogP contribution < -0.4 is 0 Å². The molecule has 0 amide bonds. The molecule has 0 aliphatic heterocycles. The average molecular weight is 452 g/mol. The molecule has 3 saturated carbocycles. The highest BCUT2D eigenvalue weighted by Gasteiger charge is 2.61. The van der Waals surface area contributed by atoms with E-state index in [1.165, 1.54) is 32.1 Å². The molecule has 4 aliphatic carbocycles. The van der Waals surface area contributed by atoms with Crippen LogP contribution in [0.4, 0.5) is 0 Å². The Kier molecular flexibility index (Phi) is 6.27. The number of aryl methyl sites for hydroxylation is 1. The molecule has 3 nitrogen and oxygen atoms in total. The van der Waals surface area contributed by atoms with Crippen LogP contribution in [0.5, 0.6) is 0 Å². The Morgan fingerprint density at radius 2 is 1.91 bits per heavy atom. The fourth-order valence-electron chi connectivity index (χ4n) is 9.32. The standard InChI is InChI=1S/C30H45NO2/c1-4-15-30(33,18-12-22-7-5-6-19-31-22)27-11-10-25-24-9-8-21-20-23(32)13-16-28(21,2)26(24)14-17-29(25,27)3/h5-8,19,23-27,32-33H,4,9-18,20H2,1-3H3/t23-,24-,25-,26-,27-,28-,29-,30+/m0/s1. The molecule has 3 fully saturated rings. The van der Waals surface area contributed by atoms with E-state index < -0.39 is 5.60 Å². The number of hydrogen-bond donors (Lipinski definition) is 2. The lowest BCUT2D eigenvalue weighted by Crippen LogP contribution is -2.53. The summed E-state index contributed by atoms with van der Waals surface area (Å²) in [5.41, 5.74) is 2.61. The lowest BCUT2D eigenvalue weighted by molar-refractivity contribution is -0.116. The second-order valence-corrected chi connectivity index (χ2v) is 12.5. The van der Waals surface area contributed by atoms with Gasteiger partial charge >= 0.3 is 0 Å². The van der Waals surface area contributed by atoms with E-state index in [4.69, 9.17) is 0 Å². The van der Waals surface area contributed by atoms with Gasteiger partial charge in [-0.15, -0.1) is 0 Å². The van der Waals surface area contributed by atoms with Crippen molar-refractivity contribution in [1.82, 2.24) is 4.98 Å². The van der Waals surface area contributed by atoms with Crippen molar-refractivity contribution in [3.05, 3.63) is 41.7 Å². The Morgan fingerprint density at radius 3 is 2.67 bits per heavy atom. The van der Waals surface area contributed by atoms with Crippen LogP contribution in [0, 0.1) is 34.5 Å². The van der Waals surface area contributed by atoms with E-state index in [0.29, 0.717) is 11.3 Å². The van der Waals surface area contributed by atoms with Gasteiger partial charge in [0.05, 0.1) is 11.7 Å². The summed E-state index contributed by atoms with van der Waals surface area (Å²) in [4.78, 5) is 4.54. The highest BCUT2D eigenvalue weighted by molar-refractivity contribution is 5.25. The molecular formula is C30H45NO2. The van der Waals surface area contributed by atoms with Crippen molar-refractivity contribution in [1.29, 1.82) is 0 Å². The van der Waals surface area contributed by atoms with Crippen LogP contribution in [0.1, 0.15) is 97.1 Å². The topological polar surface area (TPSA) is 53.4 Å². The van der Waals surface area contributed by atoms with Crippen LogP contribution in [-0.4, -0.2) is 26.9 Å². The Bertz CT molecular complexity index is 867. The average Bonchev–Trinajstić information content (AvgIpc) is 3.17. The van der Waals surface area contributed by atoms with Crippen molar-refractivity contribution in [2.45, 2.75) is 110 Å². The third kappa shape index (κ3) is 3.92. The van der Waals surface area contributed by atoms with Crippen LogP contribution in [0.2, 0.25) is 0 Å². The summed E-state index contributed by atoms with van der Waals surface area (Å²) >= 11 is 0. The first kappa shape index (κ1) is 23.5. The van der Waals surface area contributed by atoms with Crippen molar-refractivity contribution >= 4 is 0 Å². The summed E-state index contributed by atoms with van der Waals surface area (Å²) in [6.07, 6.45) is 17.1. The zero-order valence-corrected chi connectivity index (χ0v) is 21.1. The van der Waals surface area contributed by atoms with E-state index >= 15 is 0 Å². The van der Waals surface area contributed by atoms with Crippen molar-refractivity contribution in [3.8, 4) is 0 Å². The summed E-state index contributed by atoms with van der Waals surface area (Å²) in [5, 5.41) is 22.5. The summed E-state index contributed by atoms with van der Waals surface area (Å²) in [6.45, 7) is 7.28. The molecule has 182 valence electrons. The predicted octanol–water partition coefficient (Wildman–Crippen LogP) is 6.49. The molecular weight excluding hydrogens is 406 g/mol. The second kappa shape index (κ2) is 8.79. The van der Waals surface area contributed by atoms with Crippen molar-refractivity contribution in [2.24, 2.45) is 34.5 Å². The maximum Gasteiger partial charge on any atom is 0.0684 e. The zero-order valence-electron chi connectivity index (χ0n) is 21.1. The van der Waals surface area contributed by atoms with Crippen LogP contribution >= 0.6 is 0 Å². The highest BCUT2D eigenvalue weighted by Crippen LogP contribution is 2.68. The van der Waals surface area contributed by atoms with Gasteiger partial charge in [0.25, 0.3) is 0 Å². The van der Waals surface area contributed by atoms with E-state index in [-0.39, 0.29) is 11.5 Å². The fourth-order valence-corrected chi connectivity index (χ4v) is 9.32. The molecule has 0 radical (unpaired) electrons. The number of pyridine rings is 1. The van der Waals surface area contributed by atoms with Crippen LogP contribution in [0.3, 0.4) is 0 Å². The normalized spacial score (nSPS) is 42.0. The maximum absolute atomic E-state index is 12.2. The summed E-state index contributed by atoms with van der Waals surface area (Å²) < 4.78 is 0. The minimum Gasteiger partial charge on any atom is -0.393 e. The number of hydrogen-bond acceptors (Lipinski definition) is 3. The minimum absolute atomic E-state index is 0.131. The quantitative estimate of drug-likeness (QED) is 0.486. The number of nitrogens with zero attached hydrogens (tertiary/aromatic N) is 1. The molecule has 2 N–H and O–H groups in total. The molecule has 3 heteroatoms. The monoisotopic (exact) mass is 451 g/mol. The lowest BCUT2D eigenvalue weighted by atomic mass is 9.46. The number of aromatic nitrogens is 1. The van der Waals surface area contributed by atoms with Crippen LogP contribution in [0.15, 0.2) is 36.0 Å². The molecule has 1 heterocycles. The first-order valence-corrected chi connectivity index (χ1v) is 13.8. The molecule has 0 spiro atoms. The van der Waals surface area contributed by atoms with Gasteiger partial charge in [-0.2, -0.15) is 0 Å². The highest BCUT2D eigenvalue weighted by atomic mass is 16.3. The molecule has 0 saturated heterocycles. The number of aliphatic hydroxyl groups is 2. The Hall–Kier alpha value is -1.19. The SMILES string of the molecule is CCC[C@@](O)(CCc1ccccn1)[C@H]1CC[C@H]2[C@@H]3CC=C4C[C@@H](O)CC[C@]4(C)[C@H]3CC[C@]12C. The van der Waals surface area contributed by atoms with Gasteiger partial charge in [-0.1, -0.05) is 44.9 Å². The third-order valence-corrected chi connectivity index (χ3v) is 10.9. The second-order valence-electron chi connectivity index (χ2n) is 12.5. The molecule has 5 rings (SSSR count). The molecule has 33 heavy (non-hydrogen) atoms. The molecule has 1 aromatic rings. The van der Waals surface area contributed by atoms with E-state index in [9.17, 15) is 10.2 Å². The molecule has 0 unspecified atom stereocenters. The summed E-state index contributed by atoms with van der Waals surface area (Å²) in [7, 11) is 0. The van der Waals surface area contributed by atoms with Gasteiger partial charge in [0.15, 0.2) is 0 Å². The van der Waals surface area contributed by atoms with Gasteiger partial charge in [0.1, 0.15) is 0 Å². The largest absolute Gasteiger partial charge is 0.393 e. The van der Waals surface area contributed by atoms with E-state index in [2.05, 4.69) is 44.0 Å². The lowest BCUT2D eigenvalue weighted by Gasteiger charge is -2.59. The van der Waals surface area contributed by atoms with Gasteiger partial charge in [0.2, 0.25) is 0 Å². The Balaban J connectivity index is 1.38. The van der Waals surface area contributed by atoms with Gasteiger partial charge in [-0.25, -0.2) is 0 Å². The van der Waals surface area contributed by atoms with Gasteiger partial charge in [0, 0.05) is 11.9 Å². The minimum atomic E-state index is -0.586. The molecule has 0 bridgehead atoms. The summed E-state index contributed by atoms with van der Waals surface area (Å²) in [6, 6.07) is 6.13. The Labute approximate surface area is 201 Å². The predicted molar refractivity (Wildman–Crippen MR) is 134 cm³/mol. The third-order valence-electron chi connectivity index (χ3n) is 10.9. The first-order chi connectivity index (χ1) is 15.8. The molecule has 1 aromatic heterocycles. The number of allylic oxidation sites excluding steroid dienone is 1. The van der Waals surface area contributed by atoms with Crippen molar-refractivity contribution < 1.29 is 10.2 Å². The number of fused-ring (bicyclic) bond motifs is 5. The molecule has 0 aromatic carbocycles. The smallest absolute Gasteiger partial charge is 0.0684 e. The maximum atomic E-state index is 12.2. The van der Waals surface area contributed by atoms with Crippen molar-refractivity contribution in [2.75, 3.05) is 0 Å². The van der Waals surface area contributed by atoms with Crippen molar-refractivity contribution in [3.63, 3.8) is 0 Å². The molecule has 8 atom stereocenters. The van der Waals surface area contributed by atoms with Gasteiger partial charge in [-0.05, 0) is 117 Å². The van der Waals surface area contributed by atoms with E-state index in [1.54, 1.807) is 5.57 Å². The van der Waals surface area contributed by atoms with Gasteiger partial charge < -0.3 is 10.2 Å². The molecule has 4 aliphatic rings. The zero-order chi connectivity index (χ0) is 23.3. The number of aliphatic hydroxyl groups excluding tert-OH is 1.